The fourth-order valence-corrected chi connectivity index (χ4v) is 3.59. The van der Waals surface area contributed by atoms with Crippen LogP contribution in [0.4, 0.5) is 10.1 Å². The molecule has 0 saturated carbocycles. The van der Waals surface area contributed by atoms with Crippen LogP contribution in [0, 0.1) is 5.82 Å². The maximum atomic E-state index is 13.4. The number of hydrogen-bond acceptors (Lipinski definition) is 3. The minimum Gasteiger partial charge on any atom is -0.396 e. The van der Waals surface area contributed by atoms with Gasteiger partial charge in [-0.3, -0.25) is 4.79 Å². The molecular formula is C15H15FN2OS. The van der Waals surface area contributed by atoms with E-state index in [9.17, 15) is 9.18 Å². The SMILES string of the molecule is Nc1c(F)cccc1C(=O)NC1CCCc2sccc21. The fraction of sp³-hybridized carbons (Fsp3) is 0.267. The molecule has 3 rings (SSSR count). The van der Waals surface area contributed by atoms with Crippen molar-refractivity contribution in [2.45, 2.75) is 25.3 Å². The first-order valence-corrected chi connectivity index (χ1v) is 7.46. The summed E-state index contributed by atoms with van der Waals surface area (Å²) in [6, 6.07) is 6.35. The Labute approximate surface area is 120 Å². The third-order valence-electron chi connectivity index (χ3n) is 3.65. The molecular weight excluding hydrogens is 275 g/mol. The molecule has 1 amide bonds. The number of aryl methyl sites for hydroxylation is 1. The fourth-order valence-electron chi connectivity index (χ4n) is 2.61. The minimum absolute atomic E-state index is 0.000155. The molecule has 0 radical (unpaired) electrons. The summed E-state index contributed by atoms with van der Waals surface area (Å²) < 4.78 is 13.4. The molecule has 0 spiro atoms. The maximum absolute atomic E-state index is 13.4. The van der Waals surface area contributed by atoms with E-state index < -0.39 is 5.82 Å². The highest BCUT2D eigenvalue weighted by atomic mass is 32.1. The molecule has 1 heterocycles. The van der Waals surface area contributed by atoms with Crippen molar-refractivity contribution in [3.8, 4) is 0 Å². The standard InChI is InChI=1S/C15H15FN2OS/c16-11-4-1-3-10(14(11)17)15(19)18-12-5-2-6-13-9(12)7-8-20-13/h1,3-4,7-8,12H,2,5-6,17H2,(H,18,19). The lowest BCUT2D eigenvalue weighted by Crippen LogP contribution is -2.31. The number of rotatable bonds is 2. The predicted octanol–water partition coefficient (Wildman–Crippen LogP) is 3.28. The third kappa shape index (κ3) is 2.29. The zero-order valence-corrected chi connectivity index (χ0v) is 11.7. The van der Waals surface area contributed by atoms with Crippen LogP contribution in [0.15, 0.2) is 29.6 Å². The summed E-state index contributed by atoms with van der Waals surface area (Å²) in [7, 11) is 0. The van der Waals surface area contributed by atoms with Crippen LogP contribution in [-0.4, -0.2) is 5.91 Å². The van der Waals surface area contributed by atoms with Crippen LogP contribution in [0.1, 0.15) is 39.7 Å². The van der Waals surface area contributed by atoms with Gasteiger partial charge >= 0.3 is 0 Å². The first-order chi connectivity index (χ1) is 9.66. The summed E-state index contributed by atoms with van der Waals surface area (Å²) in [5, 5.41) is 5.01. The molecule has 1 aliphatic carbocycles. The van der Waals surface area contributed by atoms with Crippen molar-refractivity contribution in [2.24, 2.45) is 0 Å². The van der Waals surface area contributed by atoms with Gasteiger partial charge in [-0.2, -0.15) is 0 Å². The molecule has 0 bridgehead atoms. The van der Waals surface area contributed by atoms with Crippen LogP contribution in [0.2, 0.25) is 0 Å². The molecule has 1 aromatic carbocycles. The number of anilines is 1. The zero-order valence-electron chi connectivity index (χ0n) is 10.9. The number of nitrogens with two attached hydrogens (primary N) is 1. The lowest BCUT2D eigenvalue weighted by atomic mass is 9.93. The second kappa shape index (κ2) is 5.25. The van der Waals surface area contributed by atoms with Gasteiger partial charge in [-0.25, -0.2) is 4.39 Å². The van der Waals surface area contributed by atoms with E-state index in [1.54, 1.807) is 17.4 Å². The van der Waals surface area contributed by atoms with Crippen molar-refractivity contribution in [1.82, 2.24) is 5.32 Å². The molecule has 5 heteroatoms. The highest BCUT2D eigenvalue weighted by molar-refractivity contribution is 7.10. The Morgan fingerprint density at radius 1 is 1.40 bits per heavy atom. The van der Waals surface area contributed by atoms with Crippen LogP contribution in [-0.2, 0) is 6.42 Å². The number of hydrogen-bond donors (Lipinski definition) is 2. The molecule has 0 saturated heterocycles. The number of thiophene rings is 1. The number of para-hydroxylation sites is 1. The Morgan fingerprint density at radius 3 is 3.10 bits per heavy atom. The van der Waals surface area contributed by atoms with Gasteiger partial charge in [0.1, 0.15) is 5.82 Å². The summed E-state index contributed by atoms with van der Waals surface area (Å²) in [4.78, 5) is 13.6. The molecule has 20 heavy (non-hydrogen) atoms. The van der Waals surface area contributed by atoms with Crippen molar-refractivity contribution >= 4 is 22.9 Å². The van der Waals surface area contributed by atoms with Gasteiger partial charge in [0.15, 0.2) is 0 Å². The van der Waals surface area contributed by atoms with Gasteiger partial charge in [-0.05, 0) is 48.4 Å². The average Bonchev–Trinajstić information content (AvgIpc) is 2.91. The number of benzene rings is 1. The van der Waals surface area contributed by atoms with Crippen LogP contribution in [0.25, 0.3) is 0 Å². The summed E-state index contributed by atoms with van der Waals surface area (Å²) in [5.41, 5.74) is 6.92. The Bertz CT molecular complexity index is 653. The topological polar surface area (TPSA) is 55.1 Å². The normalized spacial score (nSPS) is 17.6. The molecule has 104 valence electrons. The largest absolute Gasteiger partial charge is 0.396 e. The Kier molecular flexibility index (Phi) is 3.44. The molecule has 1 atom stereocenters. The van der Waals surface area contributed by atoms with E-state index in [-0.39, 0.29) is 23.2 Å². The number of halogens is 1. The van der Waals surface area contributed by atoms with E-state index in [2.05, 4.69) is 11.4 Å². The quantitative estimate of drug-likeness (QED) is 0.834. The highest BCUT2D eigenvalue weighted by Gasteiger charge is 2.24. The monoisotopic (exact) mass is 290 g/mol. The molecule has 1 unspecified atom stereocenters. The van der Waals surface area contributed by atoms with E-state index in [0.29, 0.717) is 0 Å². The van der Waals surface area contributed by atoms with Gasteiger partial charge in [0.05, 0.1) is 17.3 Å². The van der Waals surface area contributed by atoms with Crippen molar-refractivity contribution in [3.63, 3.8) is 0 Å². The predicted molar refractivity (Wildman–Crippen MR) is 78.3 cm³/mol. The summed E-state index contributed by atoms with van der Waals surface area (Å²) in [6.45, 7) is 0. The van der Waals surface area contributed by atoms with Gasteiger partial charge in [-0.15, -0.1) is 11.3 Å². The molecule has 0 aliphatic heterocycles. The average molecular weight is 290 g/mol. The third-order valence-corrected chi connectivity index (χ3v) is 4.65. The summed E-state index contributed by atoms with van der Waals surface area (Å²) in [5.74, 6) is -0.872. The smallest absolute Gasteiger partial charge is 0.253 e. The first kappa shape index (κ1) is 13.1. The van der Waals surface area contributed by atoms with Crippen molar-refractivity contribution in [2.75, 3.05) is 5.73 Å². The number of nitrogen functional groups attached to an aromatic ring is 1. The number of amides is 1. The lowest BCUT2D eigenvalue weighted by molar-refractivity contribution is 0.0933. The van der Waals surface area contributed by atoms with Crippen LogP contribution in [0.3, 0.4) is 0 Å². The molecule has 3 nitrogen and oxygen atoms in total. The summed E-state index contributed by atoms with van der Waals surface area (Å²) >= 11 is 1.72. The van der Waals surface area contributed by atoms with Crippen LogP contribution >= 0.6 is 11.3 Å². The Balaban J connectivity index is 1.83. The molecule has 2 aromatic rings. The van der Waals surface area contributed by atoms with E-state index in [0.717, 1.165) is 19.3 Å². The first-order valence-electron chi connectivity index (χ1n) is 6.58. The Hall–Kier alpha value is -1.88. The number of fused-ring (bicyclic) bond motifs is 1. The zero-order chi connectivity index (χ0) is 14.1. The van der Waals surface area contributed by atoms with Gasteiger partial charge in [0, 0.05) is 4.88 Å². The van der Waals surface area contributed by atoms with Crippen molar-refractivity contribution < 1.29 is 9.18 Å². The lowest BCUT2D eigenvalue weighted by Gasteiger charge is -2.24. The number of carbonyl (C=O) groups excluding carboxylic acids is 1. The minimum atomic E-state index is -0.558. The number of carbonyl (C=O) groups is 1. The number of nitrogens with one attached hydrogen (secondary N) is 1. The van der Waals surface area contributed by atoms with Gasteiger partial charge in [0.2, 0.25) is 0 Å². The second-order valence-corrected chi connectivity index (χ2v) is 5.92. The van der Waals surface area contributed by atoms with Gasteiger partial charge in [0.25, 0.3) is 5.91 Å². The maximum Gasteiger partial charge on any atom is 0.253 e. The van der Waals surface area contributed by atoms with Crippen molar-refractivity contribution in [1.29, 1.82) is 0 Å². The van der Waals surface area contributed by atoms with E-state index in [4.69, 9.17) is 5.73 Å². The molecule has 0 fully saturated rings. The van der Waals surface area contributed by atoms with Crippen LogP contribution in [0.5, 0.6) is 0 Å². The van der Waals surface area contributed by atoms with E-state index in [1.165, 1.54) is 22.6 Å². The molecule has 1 aliphatic rings. The highest BCUT2D eigenvalue weighted by Crippen LogP contribution is 2.33. The van der Waals surface area contributed by atoms with Gasteiger partial charge in [-0.1, -0.05) is 6.07 Å². The Morgan fingerprint density at radius 2 is 2.25 bits per heavy atom. The van der Waals surface area contributed by atoms with E-state index in [1.807, 2.05) is 5.38 Å². The van der Waals surface area contributed by atoms with Gasteiger partial charge < -0.3 is 11.1 Å². The molecule has 1 aromatic heterocycles. The van der Waals surface area contributed by atoms with Crippen LogP contribution < -0.4 is 11.1 Å². The second-order valence-electron chi connectivity index (χ2n) is 4.92. The molecule has 3 N–H and O–H groups in total. The summed E-state index contributed by atoms with van der Waals surface area (Å²) in [6.07, 6.45) is 3.03. The van der Waals surface area contributed by atoms with Crippen molar-refractivity contribution in [3.05, 3.63) is 51.5 Å². The van der Waals surface area contributed by atoms with E-state index >= 15 is 0 Å².